The van der Waals surface area contributed by atoms with Gasteiger partial charge in [-0.25, -0.2) is 8.78 Å². The smallest absolute Gasteiger partial charge is 0.243 e. The lowest BCUT2D eigenvalue weighted by Crippen LogP contribution is -2.28. The molecule has 1 fully saturated rings. The van der Waals surface area contributed by atoms with Crippen LogP contribution in [0.1, 0.15) is 0 Å². The fourth-order valence-electron chi connectivity index (χ4n) is 1.25. The Morgan fingerprint density at radius 2 is 2.13 bits per heavy atom. The van der Waals surface area contributed by atoms with Crippen LogP contribution in [0.4, 0.5) is 14.5 Å². The summed E-state index contributed by atoms with van der Waals surface area (Å²) in [6.07, 6.45) is 0. The summed E-state index contributed by atoms with van der Waals surface area (Å²) in [5.41, 5.74) is 0.0106. The van der Waals surface area contributed by atoms with Gasteiger partial charge in [-0.1, -0.05) is 24.0 Å². The average molecular weight is 245 g/mol. The van der Waals surface area contributed by atoms with E-state index < -0.39 is 11.6 Å². The van der Waals surface area contributed by atoms with Gasteiger partial charge in [-0.15, -0.1) is 0 Å². The van der Waals surface area contributed by atoms with Gasteiger partial charge in [0, 0.05) is 6.07 Å². The third-order valence-corrected chi connectivity index (χ3v) is 3.26. The molecular weight excluding hydrogens is 240 g/mol. The lowest BCUT2D eigenvalue weighted by Gasteiger charge is -2.15. The fourth-order valence-corrected chi connectivity index (χ4v) is 2.33. The van der Waals surface area contributed by atoms with E-state index in [9.17, 15) is 13.6 Å². The largest absolute Gasteiger partial charge is 0.273 e. The maximum atomic E-state index is 13.3. The molecule has 1 aromatic carbocycles. The molecule has 0 radical (unpaired) electrons. The molecule has 1 amide bonds. The maximum Gasteiger partial charge on any atom is 0.243 e. The van der Waals surface area contributed by atoms with E-state index >= 15 is 0 Å². The van der Waals surface area contributed by atoms with Crippen LogP contribution in [0.5, 0.6) is 0 Å². The van der Waals surface area contributed by atoms with Gasteiger partial charge < -0.3 is 0 Å². The van der Waals surface area contributed by atoms with Gasteiger partial charge in [-0.3, -0.25) is 9.69 Å². The zero-order valence-corrected chi connectivity index (χ0v) is 9.00. The van der Waals surface area contributed by atoms with E-state index in [0.29, 0.717) is 4.32 Å². The molecule has 15 heavy (non-hydrogen) atoms. The van der Waals surface area contributed by atoms with Gasteiger partial charge in [0.15, 0.2) is 0 Å². The number of hydrogen-bond acceptors (Lipinski definition) is 3. The van der Waals surface area contributed by atoms with Crippen LogP contribution in [0, 0.1) is 11.6 Å². The number of benzene rings is 1. The van der Waals surface area contributed by atoms with E-state index in [1.165, 1.54) is 17.8 Å². The van der Waals surface area contributed by atoms with E-state index in [1.54, 1.807) is 0 Å². The molecular formula is C9H5F2NOS2. The molecule has 0 unspecified atom stereocenters. The number of carbonyl (C=O) groups is 1. The summed E-state index contributed by atoms with van der Waals surface area (Å²) >= 11 is 6.07. The Bertz CT molecular complexity index is 434. The van der Waals surface area contributed by atoms with Crippen molar-refractivity contribution in [2.45, 2.75) is 0 Å². The minimum atomic E-state index is -0.784. The zero-order valence-electron chi connectivity index (χ0n) is 7.37. The van der Waals surface area contributed by atoms with Crippen molar-refractivity contribution in [1.29, 1.82) is 0 Å². The normalized spacial score (nSPS) is 16.3. The number of anilines is 1. The van der Waals surface area contributed by atoms with Gasteiger partial charge in [-0.2, -0.15) is 0 Å². The first-order chi connectivity index (χ1) is 7.09. The van der Waals surface area contributed by atoms with Crippen LogP contribution in [0.3, 0.4) is 0 Å². The Labute approximate surface area is 94.3 Å². The predicted molar refractivity (Wildman–Crippen MR) is 58.9 cm³/mol. The highest BCUT2D eigenvalue weighted by molar-refractivity contribution is 8.24. The predicted octanol–water partition coefficient (Wildman–Crippen LogP) is 2.33. The van der Waals surface area contributed by atoms with Crippen molar-refractivity contribution in [2.75, 3.05) is 10.7 Å². The summed E-state index contributed by atoms with van der Waals surface area (Å²) in [5, 5.41) is 0. The molecule has 0 aromatic heterocycles. The summed E-state index contributed by atoms with van der Waals surface area (Å²) in [4.78, 5) is 12.5. The Morgan fingerprint density at radius 3 is 2.67 bits per heavy atom. The molecule has 78 valence electrons. The van der Waals surface area contributed by atoms with E-state index in [1.807, 2.05) is 0 Å². The summed E-state index contributed by atoms with van der Waals surface area (Å²) in [7, 11) is 0. The minimum Gasteiger partial charge on any atom is -0.273 e. The first-order valence-corrected chi connectivity index (χ1v) is 5.44. The average Bonchev–Trinajstić information content (AvgIpc) is 2.48. The Hall–Kier alpha value is -1.01. The molecule has 1 aliphatic heterocycles. The zero-order chi connectivity index (χ0) is 11.0. The Morgan fingerprint density at radius 1 is 1.40 bits per heavy atom. The van der Waals surface area contributed by atoms with Gasteiger partial charge in [0.1, 0.15) is 16.0 Å². The molecule has 1 heterocycles. The summed E-state index contributed by atoms with van der Waals surface area (Å²) in [5.74, 6) is -1.54. The molecule has 1 aliphatic rings. The Balaban J connectivity index is 2.45. The SMILES string of the molecule is O=C1CSC(=S)N1c1ccc(F)cc1F. The number of halogens is 2. The number of thioether (sulfide) groups is 1. The summed E-state index contributed by atoms with van der Waals surface area (Å²) in [6.45, 7) is 0. The Kier molecular flexibility index (Phi) is 2.70. The highest BCUT2D eigenvalue weighted by Crippen LogP contribution is 2.28. The molecule has 0 saturated carbocycles. The molecule has 2 nitrogen and oxygen atoms in total. The van der Waals surface area contributed by atoms with Crippen molar-refractivity contribution in [1.82, 2.24) is 0 Å². The molecule has 2 rings (SSSR count). The third-order valence-electron chi connectivity index (χ3n) is 1.90. The van der Waals surface area contributed by atoms with Crippen molar-refractivity contribution < 1.29 is 13.6 Å². The van der Waals surface area contributed by atoms with Gasteiger partial charge in [0.25, 0.3) is 0 Å². The van der Waals surface area contributed by atoms with Gasteiger partial charge >= 0.3 is 0 Å². The van der Waals surface area contributed by atoms with E-state index in [-0.39, 0.29) is 17.3 Å². The highest BCUT2D eigenvalue weighted by Gasteiger charge is 2.29. The molecule has 0 aliphatic carbocycles. The fraction of sp³-hybridized carbons (Fsp3) is 0.111. The molecule has 0 atom stereocenters. The number of rotatable bonds is 1. The standard InChI is InChI=1S/C9H5F2NOS2/c10-5-1-2-7(6(11)3-5)12-8(13)4-15-9(12)14/h1-3H,4H2. The molecule has 6 heteroatoms. The first kappa shape index (κ1) is 10.5. The van der Waals surface area contributed by atoms with E-state index in [4.69, 9.17) is 12.2 Å². The monoisotopic (exact) mass is 245 g/mol. The number of nitrogens with zero attached hydrogens (tertiary/aromatic N) is 1. The van der Waals surface area contributed by atoms with Gasteiger partial charge in [0.2, 0.25) is 5.91 Å². The number of hydrogen-bond donors (Lipinski definition) is 0. The van der Waals surface area contributed by atoms with Crippen molar-refractivity contribution in [3.05, 3.63) is 29.8 Å². The van der Waals surface area contributed by atoms with Crippen LogP contribution < -0.4 is 4.90 Å². The topological polar surface area (TPSA) is 20.3 Å². The van der Waals surface area contributed by atoms with E-state index in [0.717, 1.165) is 17.0 Å². The molecule has 0 spiro atoms. The second kappa shape index (κ2) is 3.86. The second-order valence-corrected chi connectivity index (χ2v) is 4.49. The van der Waals surface area contributed by atoms with Crippen molar-refractivity contribution in [3.63, 3.8) is 0 Å². The first-order valence-electron chi connectivity index (χ1n) is 4.04. The quantitative estimate of drug-likeness (QED) is 0.708. The molecule has 0 bridgehead atoms. The van der Waals surface area contributed by atoms with Gasteiger partial charge in [0.05, 0.1) is 11.4 Å². The van der Waals surface area contributed by atoms with Crippen LogP contribution in [0.25, 0.3) is 0 Å². The van der Waals surface area contributed by atoms with Crippen molar-refractivity contribution in [2.24, 2.45) is 0 Å². The van der Waals surface area contributed by atoms with Crippen LogP contribution in [-0.2, 0) is 4.79 Å². The molecule has 0 N–H and O–H groups in total. The lowest BCUT2D eigenvalue weighted by atomic mass is 10.2. The maximum absolute atomic E-state index is 13.3. The molecule has 1 saturated heterocycles. The number of amides is 1. The highest BCUT2D eigenvalue weighted by atomic mass is 32.2. The van der Waals surface area contributed by atoms with E-state index in [2.05, 4.69) is 0 Å². The summed E-state index contributed by atoms with van der Waals surface area (Å²) in [6, 6.07) is 3.03. The molecule has 1 aromatic rings. The minimum absolute atomic E-state index is 0.0106. The number of carbonyl (C=O) groups excluding carboxylic acids is 1. The van der Waals surface area contributed by atoms with Crippen LogP contribution in [-0.4, -0.2) is 16.0 Å². The third kappa shape index (κ3) is 1.87. The lowest BCUT2D eigenvalue weighted by molar-refractivity contribution is -0.115. The van der Waals surface area contributed by atoms with Crippen LogP contribution in [0.2, 0.25) is 0 Å². The van der Waals surface area contributed by atoms with Gasteiger partial charge in [-0.05, 0) is 12.1 Å². The summed E-state index contributed by atoms with van der Waals surface area (Å²) < 4.78 is 26.3. The van der Waals surface area contributed by atoms with Crippen molar-refractivity contribution >= 4 is 39.9 Å². The second-order valence-electron chi connectivity index (χ2n) is 2.88. The van der Waals surface area contributed by atoms with Crippen LogP contribution >= 0.6 is 24.0 Å². The number of thiocarbonyl (C=S) groups is 1. The van der Waals surface area contributed by atoms with Crippen LogP contribution in [0.15, 0.2) is 18.2 Å². The van der Waals surface area contributed by atoms with Crippen molar-refractivity contribution in [3.8, 4) is 0 Å².